The fourth-order valence-corrected chi connectivity index (χ4v) is 9.36. The van der Waals surface area contributed by atoms with Crippen molar-refractivity contribution in [3.05, 3.63) is 95.2 Å². The van der Waals surface area contributed by atoms with Crippen LogP contribution in [0.1, 0.15) is 93.9 Å². The molecule has 4 aliphatic rings. The molecule has 0 amide bonds. The molecule has 0 aromatic heterocycles. The number of allylic oxidation sites excluding steroid dienone is 14. The zero-order valence-electron chi connectivity index (χ0n) is 27.0. The maximum absolute atomic E-state index is 3.50. The van der Waals surface area contributed by atoms with Crippen LogP contribution in [0.25, 0.3) is 0 Å². The number of rotatable bonds is 8. The summed E-state index contributed by atoms with van der Waals surface area (Å²) in [6.07, 6.45) is 36.3. The molecule has 0 aliphatic heterocycles. The standard InChI is InChI=1S/2C18H25S.2ClH.2Ti/c2*1-5-19-18(14-15-10-6-7-11-15)13-9-8-12-16(18)17(2,3)4;;;;/h2*6,8-10,12H,5,7,13-14H2,1-4H3;2*1H;;/q2*-1;;;2*+2/p-2. The number of hydrogen-bond acceptors (Lipinski definition) is 2. The van der Waals surface area contributed by atoms with Crippen LogP contribution in [0.5, 0.6) is 0 Å². The average Bonchev–Trinajstić information content (AvgIpc) is 3.53. The second kappa shape index (κ2) is 20.0. The molecule has 42 heavy (non-hydrogen) atoms. The van der Waals surface area contributed by atoms with Crippen molar-refractivity contribution in [2.24, 2.45) is 10.8 Å². The fourth-order valence-electron chi connectivity index (χ4n) is 6.26. The van der Waals surface area contributed by atoms with Gasteiger partial charge in [0.15, 0.2) is 0 Å². The van der Waals surface area contributed by atoms with E-state index in [1.54, 1.807) is 11.1 Å². The summed E-state index contributed by atoms with van der Waals surface area (Å²) in [5.74, 6) is 2.33. The Hall–Kier alpha value is 0.629. The van der Waals surface area contributed by atoms with Gasteiger partial charge in [0.2, 0.25) is 0 Å². The van der Waals surface area contributed by atoms with E-state index in [0.717, 1.165) is 50.0 Å². The van der Waals surface area contributed by atoms with E-state index in [2.05, 4.69) is 152 Å². The van der Waals surface area contributed by atoms with Gasteiger partial charge in [-0.25, -0.2) is 23.3 Å². The van der Waals surface area contributed by atoms with E-state index in [-0.39, 0.29) is 88.6 Å². The quantitative estimate of drug-likeness (QED) is 0.257. The van der Waals surface area contributed by atoms with E-state index >= 15 is 0 Å². The molecular formula is C36H50Cl2S2Ti2. The Kier molecular flexibility index (Phi) is 21.3. The van der Waals surface area contributed by atoms with E-state index in [1.807, 2.05) is 0 Å². The molecule has 2 unspecified atom stereocenters. The summed E-state index contributed by atoms with van der Waals surface area (Å²) < 4.78 is 0.470. The Morgan fingerprint density at radius 1 is 0.643 bits per heavy atom. The van der Waals surface area contributed by atoms with Gasteiger partial charge in [0.1, 0.15) is 0 Å². The van der Waals surface area contributed by atoms with Crippen LogP contribution in [0, 0.1) is 23.0 Å². The van der Waals surface area contributed by atoms with Gasteiger partial charge in [-0.3, -0.25) is 12.2 Å². The van der Waals surface area contributed by atoms with Crippen LogP contribution < -0.4 is 24.8 Å². The van der Waals surface area contributed by atoms with Crippen molar-refractivity contribution in [1.29, 1.82) is 0 Å². The van der Waals surface area contributed by atoms with Crippen LogP contribution in [0.3, 0.4) is 0 Å². The minimum atomic E-state index is 0. The Morgan fingerprint density at radius 3 is 1.26 bits per heavy atom. The van der Waals surface area contributed by atoms with Crippen molar-refractivity contribution in [2.75, 3.05) is 11.5 Å². The van der Waals surface area contributed by atoms with Crippen molar-refractivity contribution in [3.63, 3.8) is 0 Å². The summed E-state index contributed by atoms with van der Waals surface area (Å²) >= 11 is 4.21. The molecule has 0 spiro atoms. The second-order valence-corrected chi connectivity index (χ2v) is 16.0. The van der Waals surface area contributed by atoms with Gasteiger partial charge in [-0.05, 0) is 59.2 Å². The molecule has 228 valence electrons. The third kappa shape index (κ3) is 12.1. The summed E-state index contributed by atoms with van der Waals surface area (Å²) in [5.41, 5.74) is 6.43. The summed E-state index contributed by atoms with van der Waals surface area (Å²) in [6, 6.07) is 0. The van der Waals surface area contributed by atoms with Crippen LogP contribution >= 0.6 is 23.5 Å². The van der Waals surface area contributed by atoms with Crippen LogP contribution in [0.15, 0.2) is 83.1 Å². The van der Waals surface area contributed by atoms with Gasteiger partial charge in [-0.1, -0.05) is 91.8 Å². The number of thioether (sulfide) groups is 2. The van der Waals surface area contributed by atoms with E-state index in [9.17, 15) is 0 Å². The predicted octanol–water partition coefficient (Wildman–Crippen LogP) is 4.98. The molecule has 4 rings (SSSR count). The summed E-state index contributed by atoms with van der Waals surface area (Å²) in [7, 11) is 0. The molecule has 0 saturated carbocycles. The summed E-state index contributed by atoms with van der Waals surface area (Å²) in [5, 5.41) is 0. The van der Waals surface area contributed by atoms with Crippen LogP contribution in [0.2, 0.25) is 0 Å². The van der Waals surface area contributed by atoms with Crippen LogP contribution in [-0.4, -0.2) is 21.0 Å². The normalized spacial score (nSPS) is 24.0. The molecule has 0 bridgehead atoms. The maximum atomic E-state index is 3.50. The molecule has 2 atom stereocenters. The van der Waals surface area contributed by atoms with E-state index in [1.165, 1.54) is 11.1 Å². The minimum absolute atomic E-state index is 0. The average molecular weight is 714 g/mol. The first-order valence-electron chi connectivity index (χ1n) is 14.5. The molecule has 0 N–H and O–H groups in total. The Bertz CT molecular complexity index is 995. The van der Waals surface area contributed by atoms with E-state index < -0.39 is 0 Å². The Morgan fingerprint density at radius 2 is 1.00 bits per heavy atom. The van der Waals surface area contributed by atoms with Crippen molar-refractivity contribution in [1.82, 2.24) is 0 Å². The molecule has 4 aliphatic carbocycles. The predicted molar refractivity (Wildman–Crippen MR) is 175 cm³/mol. The topological polar surface area (TPSA) is 0 Å². The van der Waals surface area contributed by atoms with Crippen LogP contribution in [0.4, 0.5) is 0 Å². The molecule has 0 radical (unpaired) electrons. The number of hydrogen-bond donors (Lipinski definition) is 0. The van der Waals surface area contributed by atoms with Gasteiger partial charge in [0.05, 0.1) is 0 Å². The van der Waals surface area contributed by atoms with Gasteiger partial charge in [0, 0.05) is 9.49 Å². The SMILES string of the molecule is CCSC1(CC2=[C-]CC=C2)CC=CC=C1C(C)(C)C.CCSC1(CC2=[C-]CC=C2)CC=CC=C1C(C)(C)C.[Cl-].[Cl-].[Ti+2].[Ti+2]. The van der Waals surface area contributed by atoms with Crippen molar-refractivity contribution < 1.29 is 68.2 Å². The Balaban J connectivity index is 0. The van der Waals surface area contributed by atoms with Gasteiger partial charge in [-0.2, -0.15) is 35.7 Å². The van der Waals surface area contributed by atoms with Gasteiger partial charge in [0.25, 0.3) is 0 Å². The minimum Gasteiger partial charge on any atom is -1.00 e. The molecule has 0 aromatic carbocycles. The van der Waals surface area contributed by atoms with Gasteiger partial charge in [-0.15, -0.1) is 12.8 Å². The molecule has 0 aromatic rings. The van der Waals surface area contributed by atoms with Crippen molar-refractivity contribution in [3.8, 4) is 0 Å². The second-order valence-electron chi connectivity index (χ2n) is 12.8. The van der Waals surface area contributed by atoms with Gasteiger partial charge < -0.3 is 24.8 Å². The first kappa shape index (κ1) is 44.8. The Labute approximate surface area is 310 Å². The molecule has 0 heterocycles. The van der Waals surface area contributed by atoms with Gasteiger partial charge >= 0.3 is 43.4 Å². The molecule has 0 saturated heterocycles. The smallest absolute Gasteiger partial charge is 1.00 e. The third-order valence-electron chi connectivity index (χ3n) is 7.62. The van der Waals surface area contributed by atoms with Crippen LogP contribution in [-0.2, 0) is 43.4 Å². The molecule has 6 heteroatoms. The fraction of sp³-hybridized carbons (Fsp3) is 0.556. The molecule has 0 nitrogen and oxygen atoms in total. The number of halogens is 2. The molecular weight excluding hydrogens is 663 g/mol. The summed E-state index contributed by atoms with van der Waals surface area (Å²) in [6.45, 7) is 18.6. The zero-order chi connectivity index (χ0) is 27.9. The summed E-state index contributed by atoms with van der Waals surface area (Å²) in [4.78, 5) is 0. The van der Waals surface area contributed by atoms with Crippen molar-refractivity contribution in [2.45, 2.75) is 103 Å². The van der Waals surface area contributed by atoms with E-state index in [0.29, 0.717) is 0 Å². The first-order chi connectivity index (χ1) is 18.0. The monoisotopic (exact) mass is 712 g/mol. The third-order valence-corrected chi connectivity index (χ3v) is 10.4. The largest absolute Gasteiger partial charge is 2.00 e. The van der Waals surface area contributed by atoms with Crippen molar-refractivity contribution >= 4 is 23.5 Å². The zero-order valence-corrected chi connectivity index (χ0v) is 33.3. The maximum Gasteiger partial charge on any atom is 2.00 e. The van der Waals surface area contributed by atoms with E-state index in [4.69, 9.17) is 0 Å². The molecule has 0 fully saturated rings. The first-order valence-corrected chi connectivity index (χ1v) is 16.5.